The highest BCUT2D eigenvalue weighted by Crippen LogP contribution is 2.44. The molecule has 1 aromatic rings. The van der Waals surface area contributed by atoms with Crippen LogP contribution in [-0.2, 0) is 10.2 Å². The van der Waals surface area contributed by atoms with E-state index in [9.17, 15) is 13.6 Å². The summed E-state index contributed by atoms with van der Waals surface area (Å²) in [6.07, 6.45) is 0.349. The molecular formula is C15H19F2NO2. The first-order valence-electron chi connectivity index (χ1n) is 6.69. The number of ether oxygens (including phenoxy) is 1. The Morgan fingerprint density at radius 1 is 1.30 bits per heavy atom. The van der Waals surface area contributed by atoms with Gasteiger partial charge in [0.1, 0.15) is 0 Å². The van der Waals surface area contributed by atoms with E-state index < -0.39 is 17.3 Å². The van der Waals surface area contributed by atoms with Crippen LogP contribution in [0.5, 0.6) is 0 Å². The molecule has 0 amide bonds. The lowest BCUT2D eigenvalue weighted by molar-refractivity contribution is -0.0509. The van der Waals surface area contributed by atoms with Crippen LogP contribution in [0.25, 0.3) is 0 Å². The Morgan fingerprint density at radius 2 is 1.95 bits per heavy atom. The second-order valence-electron chi connectivity index (χ2n) is 5.41. The van der Waals surface area contributed by atoms with Crippen molar-refractivity contribution >= 4 is 5.97 Å². The van der Waals surface area contributed by atoms with Gasteiger partial charge in [-0.3, -0.25) is 0 Å². The lowest BCUT2D eigenvalue weighted by Gasteiger charge is -2.40. The van der Waals surface area contributed by atoms with E-state index in [4.69, 9.17) is 5.73 Å². The average molecular weight is 283 g/mol. The fraction of sp³-hybridized carbons (Fsp3) is 0.533. The summed E-state index contributed by atoms with van der Waals surface area (Å²) in [4.78, 5) is 11.6. The molecule has 1 aromatic carbocycles. The van der Waals surface area contributed by atoms with E-state index in [2.05, 4.69) is 4.74 Å². The molecule has 0 atom stereocenters. The molecule has 1 saturated carbocycles. The Kier molecular flexibility index (Phi) is 4.09. The van der Waals surface area contributed by atoms with Gasteiger partial charge in [-0.1, -0.05) is 12.1 Å². The smallest absolute Gasteiger partial charge is 0.337 e. The Morgan fingerprint density at radius 3 is 2.50 bits per heavy atom. The van der Waals surface area contributed by atoms with Gasteiger partial charge in [-0.25, -0.2) is 13.6 Å². The molecule has 5 heteroatoms. The predicted molar refractivity (Wildman–Crippen MR) is 71.9 cm³/mol. The number of carbonyl (C=O) groups excluding carboxylic acids is 1. The summed E-state index contributed by atoms with van der Waals surface area (Å²) < 4.78 is 31.4. The summed E-state index contributed by atoms with van der Waals surface area (Å²) in [5, 5.41) is 0. The molecule has 0 radical (unpaired) electrons. The number of methoxy groups -OCH3 is 1. The van der Waals surface area contributed by atoms with Crippen molar-refractivity contribution in [2.24, 2.45) is 5.73 Å². The van der Waals surface area contributed by atoms with Gasteiger partial charge in [0.25, 0.3) is 0 Å². The summed E-state index contributed by atoms with van der Waals surface area (Å²) in [7, 11) is 1.31. The van der Waals surface area contributed by atoms with Crippen molar-refractivity contribution in [3.8, 4) is 0 Å². The molecule has 0 saturated heterocycles. The van der Waals surface area contributed by atoms with E-state index in [0.29, 0.717) is 24.9 Å². The van der Waals surface area contributed by atoms with Crippen molar-refractivity contribution in [1.82, 2.24) is 0 Å². The topological polar surface area (TPSA) is 52.3 Å². The number of esters is 1. The molecule has 1 fully saturated rings. The van der Waals surface area contributed by atoms with Gasteiger partial charge < -0.3 is 10.5 Å². The van der Waals surface area contributed by atoms with E-state index in [1.54, 1.807) is 18.2 Å². The summed E-state index contributed by atoms with van der Waals surface area (Å²) in [6.45, 7) is 0.299. The number of rotatable bonds is 3. The monoisotopic (exact) mass is 283 g/mol. The molecule has 110 valence electrons. The number of hydrogen-bond acceptors (Lipinski definition) is 3. The highest BCUT2D eigenvalue weighted by atomic mass is 19.3. The molecule has 0 heterocycles. The standard InChI is InChI=1S/C15H19F2NO2/c1-20-13(19)11-3-2-4-12(9-11)14(10-18)5-7-15(16,17)8-6-14/h2-4,9H,5-8,10,18H2,1H3. The zero-order valence-corrected chi connectivity index (χ0v) is 11.5. The van der Waals surface area contributed by atoms with Crippen LogP contribution in [0.2, 0.25) is 0 Å². The van der Waals surface area contributed by atoms with Gasteiger partial charge in [0.15, 0.2) is 0 Å². The minimum absolute atomic E-state index is 0.160. The maximum atomic E-state index is 13.3. The summed E-state index contributed by atoms with van der Waals surface area (Å²) in [6, 6.07) is 6.95. The van der Waals surface area contributed by atoms with E-state index >= 15 is 0 Å². The Bertz CT molecular complexity index is 492. The van der Waals surface area contributed by atoms with E-state index in [1.165, 1.54) is 7.11 Å². The lowest BCUT2D eigenvalue weighted by Crippen LogP contribution is -2.42. The zero-order chi connectivity index (χ0) is 14.8. The molecule has 20 heavy (non-hydrogen) atoms. The molecule has 0 unspecified atom stereocenters. The van der Waals surface area contributed by atoms with Crippen molar-refractivity contribution in [3.63, 3.8) is 0 Å². The van der Waals surface area contributed by atoms with Crippen LogP contribution in [0.3, 0.4) is 0 Å². The number of alkyl halides is 2. The van der Waals surface area contributed by atoms with Crippen molar-refractivity contribution in [2.75, 3.05) is 13.7 Å². The van der Waals surface area contributed by atoms with E-state index in [1.807, 2.05) is 6.07 Å². The second-order valence-corrected chi connectivity index (χ2v) is 5.41. The van der Waals surface area contributed by atoms with Crippen molar-refractivity contribution in [1.29, 1.82) is 0 Å². The third-order valence-electron chi connectivity index (χ3n) is 4.23. The van der Waals surface area contributed by atoms with E-state index in [0.717, 1.165) is 5.56 Å². The fourth-order valence-corrected chi connectivity index (χ4v) is 2.80. The number of carbonyl (C=O) groups is 1. The second kappa shape index (κ2) is 5.48. The Balaban J connectivity index is 2.31. The van der Waals surface area contributed by atoms with Crippen LogP contribution < -0.4 is 5.73 Å². The first-order valence-corrected chi connectivity index (χ1v) is 6.69. The van der Waals surface area contributed by atoms with Crippen LogP contribution in [0.1, 0.15) is 41.6 Å². The zero-order valence-electron chi connectivity index (χ0n) is 11.5. The first-order chi connectivity index (χ1) is 9.42. The van der Waals surface area contributed by atoms with Crippen LogP contribution in [0, 0.1) is 0 Å². The number of hydrogen-bond donors (Lipinski definition) is 1. The lowest BCUT2D eigenvalue weighted by atomic mass is 9.68. The van der Waals surface area contributed by atoms with Gasteiger partial charge in [-0.15, -0.1) is 0 Å². The fourth-order valence-electron chi connectivity index (χ4n) is 2.80. The predicted octanol–water partition coefficient (Wildman–Crippen LogP) is 2.88. The Labute approximate surface area is 117 Å². The largest absolute Gasteiger partial charge is 0.465 e. The maximum Gasteiger partial charge on any atom is 0.337 e. The molecular weight excluding hydrogens is 264 g/mol. The van der Waals surface area contributed by atoms with Gasteiger partial charge in [0.2, 0.25) is 5.92 Å². The minimum Gasteiger partial charge on any atom is -0.465 e. The number of benzene rings is 1. The van der Waals surface area contributed by atoms with Gasteiger partial charge in [-0.05, 0) is 30.5 Å². The molecule has 0 bridgehead atoms. The molecule has 0 spiro atoms. The van der Waals surface area contributed by atoms with Crippen molar-refractivity contribution in [3.05, 3.63) is 35.4 Å². The Hall–Kier alpha value is -1.49. The van der Waals surface area contributed by atoms with Crippen molar-refractivity contribution < 1.29 is 18.3 Å². The van der Waals surface area contributed by atoms with Crippen LogP contribution in [0.4, 0.5) is 8.78 Å². The van der Waals surface area contributed by atoms with E-state index in [-0.39, 0.29) is 12.8 Å². The van der Waals surface area contributed by atoms with Gasteiger partial charge in [-0.2, -0.15) is 0 Å². The van der Waals surface area contributed by atoms with Crippen LogP contribution in [-0.4, -0.2) is 25.5 Å². The molecule has 3 nitrogen and oxygen atoms in total. The summed E-state index contributed by atoms with van der Waals surface area (Å²) in [5.74, 6) is -3.03. The third kappa shape index (κ3) is 2.82. The maximum absolute atomic E-state index is 13.3. The minimum atomic E-state index is -2.60. The number of nitrogens with two attached hydrogens (primary N) is 1. The highest BCUT2D eigenvalue weighted by Gasteiger charge is 2.43. The number of halogens is 2. The van der Waals surface area contributed by atoms with Crippen LogP contribution in [0.15, 0.2) is 24.3 Å². The van der Waals surface area contributed by atoms with Crippen molar-refractivity contribution in [2.45, 2.75) is 37.0 Å². The molecule has 2 N–H and O–H groups in total. The van der Waals surface area contributed by atoms with Gasteiger partial charge in [0, 0.05) is 24.8 Å². The van der Waals surface area contributed by atoms with Gasteiger partial charge in [0.05, 0.1) is 12.7 Å². The molecule has 0 aromatic heterocycles. The summed E-state index contributed by atoms with van der Waals surface area (Å²) in [5.41, 5.74) is 6.66. The SMILES string of the molecule is COC(=O)c1cccc(C2(CN)CCC(F)(F)CC2)c1. The average Bonchev–Trinajstić information content (AvgIpc) is 2.47. The normalized spacial score (nSPS) is 20.4. The van der Waals surface area contributed by atoms with Crippen LogP contribution >= 0.6 is 0 Å². The molecule has 1 aliphatic carbocycles. The first kappa shape index (κ1) is 14.9. The molecule has 0 aliphatic heterocycles. The third-order valence-corrected chi connectivity index (χ3v) is 4.23. The summed E-state index contributed by atoms with van der Waals surface area (Å²) >= 11 is 0. The molecule has 1 aliphatic rings. The molecule has 2 rings (SSSR count). The highest BCUT2D eigenvalue weighted by molar-refractivity contribution is 5.89. The van der Waals surface area contributed by atoms with Gasteiger partial charge >= 0.3 is 5.97 Å². The quantitative estimate of drug-likeness (QED) is 0.868.